The van der Waals surface area contributed by atoms with Gasteiger partial charge in [0.1, 0.15) is 11.5 Å². The van der Waals surface area contributed by atoms with Gasteiger partial charge in [-0.3, -0.25) is 19.5 Å². The van der Waals surface area contributed by atoms with Gasteiger partial charge in [-0.15, -0.1) is 0 Å². The van der Waals surface area contributed by atoms with Crippen molar-refractivity contribution in [1.29, 1.82) is 0 Å². The maximum absolute atomic E-state index is 13.3. The summed E-state index contributed by atoms with van der Waals surface area (Å²) in [4.78, 5) is 36.8. The number of carbonyl (C=O) groups is 2. The number of hydrogen-bond donors (Lipinski definition) is 1. The number of anilines is 1. The second-order valence-electron chi connectivity index (χ2n) is 8.39. The summed E-state index contributed by atoms with van der Waals surface area (Å²) in [7, 11) is 0. The van der Waals surface area contributed by atoms with Crippen LogP contribution in [0.5, 0.6) is 5.75 Å². The minimum atomic E-state index is -0.896. The Kier molecular flexibility index (Phi) is 6.47. The minimum absolute atomic E-state index is 0.0244. The van der Waals surface area contributed by atoms with E-state index in [9.17, 15) is 14.7 Å². The quantitative estimate of drug-likeness (QED) is 0.189. The molecule has 4 aromatic rings. The number of aliphatic hydroxyl groups is 1. The number of pyridine rings is 1. The monoisotopic (exact) mass is 519 g/mol. The lowest BCUT2D eigenvalue weighted by Gasteiger charge is -2.22. The summed E-state index contributed by atoms with van der Waals surface area (Å²) < 4.78 is 6.45. The van der Waals surface area contributed by atoms with E-state index in [4.69, 9.17) is 16.3 Å². The number of nitrogens with zero attached hydrogens (tertiary/aromatic N) is 3. The summed E-state index contributed by atoms with van der Waals surface area (Å²) in [5.41, 5.74) is 2.47. The molecule has 3 heterocycles. The fourth-order valence-electron chi connectivity index (χ4n) is 4.11. The normalized spacial score (nSPS) is 17.2. The highest BCUT2D eigenvalue weighted by atomic mass is 35.5. The van der Waals surface area contributed by atoms with Crippen LogP contribution in [0.25, 0.3) is 16.0 Å². The number of benzene rings is 2. The lowest BCUT2D eigenvalue weighted by molar-refractivity contribution is -0.132. The van der Waals surface area contributed by atoms with Crippen LogP contribution < -0.4 is 9.64 Å². The van der Waals surface area contributed by atoms with Crippen LogP contribution in [-0.2, 0) is 9.59 Å². The summed E-state index contributed by atoms with van der Waals surface area (Å²) in [6.45, 7) is 4.48. The van der Waals surface area contributed by atoms with Crippen molar-refractivity contribution in [2.45, 2.75) is 26.3 Å². The van der Waals surface area contributed by atoms with Crippen LogP contribution in [0.2, 0.25) is 5.02 Å². The average Bonchev–Trinajstić information content (AvgIpc) is 3.40. The van der Waals surface area contributed by atoms with Gasteiger partial charge in [0, 0.05) is 23.0 Å². The molecule has 2 aromatic carbocycles. The summed E-state index contributed by atoms with van der Waals surface area (Å²) in [6, 6.07) is 13.0. The average molecular weight is 520 g/mol. The number of ketones is 1. The predicted octanol–water partition coefficient (Wildman–Crippen LogP) is 6.07. The number of amides is 1. The number of aryl methyl sites for hydroxylation is 1. The first kappa shape index (κ1) is 24.0. The minimum Gasteiger partial charge on any atom is -0.507 e. The Labute approximate surface area is 216 Å². The molecule has 1 aliphatic rings. The van der Waals surface area contributed by atoms with E-state index in [0.717, 1.165) is 16.7 Å². The summed E-state index contributed by atoms with van der Waals surface area (Å²) >= 11 is 7.56. The molecule has 1 atom stereocenters. The molecule has 0 aliphatic carbocycles. The smallest absolute Gasteiger partial charge is 0.301 e. The SMILES string of the molecule is CCCOc1ccc(/C(O)=C2\C(=O)C(=O)N(c3nc4cc(Cl)c(C)cc4s3)C2c2cccnc2)cc1. The topological polar surface area (TPSA) is 92.6 Å². The third kappa shape index (κ3) is 4.23. The molecule has 1 N–H and O–H groups in total. The van der Waals surface area contributed by atoms with Crippen molar-refractivity contribution in [2.75, 3.05) is 11.5 Å². The number of fused-ring (bicyclic) bond motifs is 1. The number of hydrogen-bond acceptors (Lipinski definition) is 7. The molecule has 7 nitrogen and oxygen atoms in total. The number of Topliss-reactive ketones (excluding diaryl/α,β-unsaturated/α-hetero) is 1. The summed E-state index contributed by atoms with van der Waals surface area (Å²) in [5.74, 6) is -1.18. The fourth-order valence-corrected chi connectivity index (χ4v) is 5.34. The predicted molar refractivity (Wildman–Crippen MR) is 141 cm³/mol. The van der Waals surface area contributed by atoms with Gasteiger partial charge in [-0.05, 0) is 66.9 Å². The number of thiazole rings is 1. The Morgan fingerprint density at radius 3 is 2.67 bits per heavy atom. The maximum Gasteiger partial charge on any atom is 0.301 e. The molecule has 1 fully saturated rings. The third-order valence-electron chi connectivity index (χ3n) is 5.91. The zero-order valence-corrected chi connectivity index (χ0v) is 21.1. The summed E-state index contributed by atoms with van der Waals surface area (Å²) in [5, 5.41) is 12.2. The molecule has 0 spiro atoms. The second-order valence-corrected chi connectivity index (χ2v) is 9.81. The molecule has 1 saturated heterocycles. The third-order valence-corrected chi connectivity index (χ3v) is 7.33. The van der Waals surface area contributed by atoms with E-state index >= 15 is 0 Å². The highest BCUT2D eigenvalue weighted by Gasteiger charge is 2.48. The van der Waals surface area contributed by atoms with E-state index < -0.39 is 17.7 Å². The van der Waals surface area contributed by atoms with Crippen LogP contribution in [0.1, 0.15) is 36.1 Å². The number of aliphatic hydroxyl groups excluding tert-OH is 1. The van der Waals surface area contributed by atoms with Crippen molar-refractivity contribution >= 4 is 55.7 Å². The molecule has 9 heteroatoms. The molecular weight excluding hydrogens is 498 g/mol. The molecule has 5 rings (SSSR count). The standard InChI is InChI=1S/C27H22ClN3O4S/c1-3-11-35-18-8-6-16(7-9-18)24(32)22-23(17-5-4-10-29-14-17)31(26(34)25(22)33)27-30-20-13-19(28)15(2)12-21(20)36-27/h4-10,12-14,23,32H,3,11H2,1-2H3/b24-22+. The summed E-state index contributed by atoms with van der Waals surface area (Å²) in [6.07, 6.45) is 4.05. The van der Waals surface area contributed by atoms with Gasteiger partial charge in [0.05, 0.1) is 28.4 Å². The fraction of sp³-hybridized carbons (Fsp3) is 0.185. The second kappa shape index (κ2) is 9.72. The molecular formula is C27H22ClN3O4S. The van der Waals surface area contributed by atoms with E-state index in [0.29, 0.717) is 39.2 Å². The van der Waals surface area contributed by atoms with Crippen LogP contribution in [0.15, 0.2) is 66.5 Å². The Balaban J connectivity index is 1.64. The van der Waals surface area contributed by atoms with Crippen LogP contribution in [0, 0.1) is 6.92 Å². The van der Waals surface area contributed by atoms with Gasteiger partial charge in [0.2, 0.25) is 0 Å². The lowest BCUT2D eigenvalue weighted by atomic mass is 9.96. The number of halogens is 1. The van der Waals surface area contributed by atoms with Gasteiger partial charge >= 0.3 is 5.91 Å². The molecule has 2 aromatic heterocycles. The molecule has 0 bridgehead atoms. The molecule has 0 saturated carbocycles. The van der Waals surface area contributed by atoms with Crippen LogP contribution >= 0.6 is 22.9 Å². The zero-order valence-electron chi connectivity index (χ0n) is 19.6. The molecule has 1 aliphatic heterocycles. The van der Waals surface area contributed by atoms with E-state index in [1.54, 1.807) is 54.9 Å². The highest BCUT2D eigenvalue weighted by molar-refractivity contribution is 7.22. The van der Waals surface area contributed by atoms with Gasteiger partial charge < -0.3 is 9.84 Å². The number of ether oxygens (including phenoxy) is 1. The lowest BCUT2D eigenvalue weighted by Crippen LogP contribution is -2.29. The van der Waals surface area contributed by atoms with Crippen molar-refractivity contribution < 1.29 is 19.4 Å². The molecule has 36 heavy (non-hydrogen) atoms. The molecule has 0 radical (unpaired) electrons. The van der Waals surface area contributed by atoms with Crippen LogP contribution in [0.4, 0.5) is 5.13 Å². The van der Waals surface area contributed by atoms with E-state index in [-0.39, 0.29) is 11.3 Å². The zero-order chi connectivity index (χ0) is 25.4. The van der Waals surface area contributed by atoms with Gasteiger partial charge in [-0.2, -0.15) is 0 Å². The Morgan fingerprint density at radius 1 is 1.19 bits per heavy atom. The van der Waals surface area contributed by atoms with E-state index in [1.165, 1.54) is 16.2 Å². The Morgan fingerprint density at radius 2 is 1.97 bits per heavy atom. The molecule has 1 amide bonds. The Bertz CT molecular complexity index is 1460. The van der Waals surface area contributed by atoms with Gasteiger partial charge in [0.25, 0.3) is 5.78 Å². The first-order valence-electron chi connectivity index (χ1n) is 11.4. The van der Waals surface area contributed by atoms with E-state index in [1.807, 2.05) is 19.9 Å². The molecule has 1 unspecified atom stereocenters. The largest absolute Gasteiger partial charge is 0.507 e. The maximum atomic E-state index is 13.3. The van der Waals surface area contributed by atoms with Crippen molar-refractivity contribution in [3.05, 3.63) is 88.2 Å². The van der Waals surface area contributed by atoms with Crippen molar-refractivity contribution in [3.63, 3.8) is 0 Å². The first-order chi connectivity index (χ1) is 17.4. The van der Waals surface area contributed by atoms with Gasteiger partial charge in [-0.1, -0.05) is 35.9 Å². The Hall–Kier alpha value is -3.75. The van der Waals surface area contributed by atoms with Crippen molar-refractivity contribution in [2.24, 2.45) is 0 Å². The van der Waals surface area contributed by atoms with Crippen LogP contribution in [-0.4, -0.2) is 33.4 Å². The van der Waals surface area contributed by atoms with Gasteiger partial charge in [0.15, 0.2) is 5.13 Å². The van der Waals surface area contributed by atoms with Crippen molar-refractivity contribution in [1.82, 2.24) is 9.97 Å². The number of carbonyl (C=O) groups excluding carboxylic acids is 2. The number of aromatic nitrogens is 2. The highest BCUT2D eigenvalue weighted by Crippen LogP contribution is 2.44. The molecule has 182 valence electrons. The number of rotatable bonds is 6. The van der Waals surface area contributed by atoms with Gasteiger partial charge in [-0.25, -0.2) is 4.98 Å². The first-order valence-corrected chi connectivity index (χ1v) is 12.6. The van der Waals surface area contributed by atoms with E-state index in [2.05, 4.69) is 9.97 Å². The van der Waals surface area contributed by atoms with Crippen LogP contribution in [0.3, 0.4) is 0 Å². The van der Waals surface area contributed by atoms with Crippen molar-refractivity contribution in [3.8, 4) is 5.75 Å².